The van der Waals surface area contributed by atoms with Crippen molar-refractivity contribution >= 4 is 17.3 Å². The van der Waals surface area contributed by atoms with Crippen LogP contribution in [0.25, 0.3) is 0 Å². The summed E-state index contributed by atoms with van der Waals surface area (Å²) < 4.78 is 1.94. The average Bonchev–Trinajstić information content (AvgIpc) is 2.64. The van der Waals surface area contributed by atoms with Gasteiger partial charge >= 0.3 is 0 Å². The molecule has 1 aromatic carbocycles. The zero-order valence-corrected chi connectivity index (χ0v) is 10.8. The third kappa shape index (κ3) is 2.61. The number of halogens is 1. The smallest absolute Gasteiger partial charge is 0.0865 e. The lowest BCUT2D eigenvalue weighted by atomic mass is 10.3. The van der Waals surface area contributed by atoms with Gasteiger partial charge in [0.1, 0.15) is 0 Å². The first-order valence-corrected chi connectivity index (χ1v) is 6.11. The van der Waals surface area contributed by atoms with Gasteiger partial charge in [-0.15, -0.1) is 0 Å². The quantitative estimate of drug-likeness (QED) is 0.899. The Morgan fingerprint density at radius 2 is 2.00 bits per heavy atom. The maximum atomic E-state index is 6.24. The minimum atomic E-state index is 0.692. The summed E-state index contributed by atoms with van der Waals surface area (Å²) in [5, 5.41) is 8.49. The number of anilines is 1. The van der Waals surface area contributed by atoms with Gasteiger partial charge in [-0.2, -0.15) is 5.10 Å². The molecule has 17 heavy (non-hydrogen) atoms. The minimum Gasteiger partial charge on any atom is -0.379 e. The molecular weight excluding hydrogens is 234 g/mol. The van der Waals surface area contributed by atoms with Crippen molar-refractivity contribution in [3.8, 4) is 0 Å². The summed E-state index contributed by atoms with van der Waals surface area (Å²) in [6, 6.07) is 10.1. The standard InChI is InChI=1S/C13H16ClN3/c1-3-17-12(13(14)10(2)16-17)9-15-11-7-5-4-6-8-11/h4-8,15H,3,9H2,1-2H3. The fourth-order valence-corrected chi connectivity index (χ4v) is 1.98. The second kappa shape index (κ2) is 5.23. The Morgan fingerprint density at radius 3 is 2.65 bits per heavy atom. The molecule has 2 aromatic rings. The number of benzene rings is 1. The number of aromatic nitrogens is 2. The zero-order valence-electron chi connectivity index (χ0n) is 10.1. The normalized spacial score (nSPS) is 10.5. The van der Waals surface area contributed by atoms with Crippen LogP contribution in [0.15, 0.2) is 30.3 Å². The van der Waals surface area contributed by atoms with Gasteiger partial charge in [0.05, 0.1) is 23.0 Å². The van der Waals surface area contributed by atoms with Crippen molar-refractivity contribution in [3.63, 3.8) is 0 Å². The van der Waals surface area contributed by atoms with E-state index in [1.807, 2.05) is 41.9 Å². The van der Waals surface area contributed by atoms with E-state index < -0.39 is 0 Å². The molecule has 0 bridgehead atoms. The molecule has 90 valence electrons. The van der Waals surface area contributed by atoms with Gasteiger partial charge in [-0.1, -0.05) is 29.8 Å². The summed E-state index contributed by atoms with van der Waals surface area (Å²) in [4.78, 5) is 0. The van der Waals surface area contributed by atoms with Crippen LogP contribution in [0, 0.1) is 6.92 Å². The zero-order chi connectivity index (χ0) is 12.3. The Balaban J connectivity index is 2.14. The van der Waals surface area contributed by atoms with E-state index in [4.69, 9.17) is 11.6 Å². The highest BCUT2D eigenvalue weighted by molar-refractivity contribution is 6.31. The molecule has 0 spiro atoms. The van der Waals surface area contributed by atoms with Gasteiger partial charge in [0.25, 0.3) is 0 Å². The SMILES string of the molecule is CCn1nc(C)c(Cl)c1CNc1ccccc1. The highest BCUT2D eigenvalue weighted by atomic mass is 35.5. The third-order valence-corrected chi connectivity index (χ3v) is 3.18. The fraction of sp³-hybridized carbons (Fsp3) is 0.308. The van der Waals surface area contributed by atoms with E-state index in [2.05, 4.69) is 17.3 Å². The molecule has 0 aliphatic rings. The molecule has 0 aliphatic carbocycles. The van der Waals surface area contributed by atoms with Gasteiger partial charge in [-0.3, -0.25) is 4.68 Å². The molecule has 0 saturated carbocycles. The number of nitrogens with zero attached hydrogens (tertiary/aromatic N) is 2. The van der Waals surface area contributed by atoms with Crippen molar-refractivity contribution in [3.05, 3.63) is 46.7 Å². The first-order valence-electron chi connectivity index (χ1n) is 5.73. The van der Waals surface area contributed by atoms with E-state index in [0.717, 1.165) is 28.6 Å². The lowest BCUT2D eigenvalue weighted by Gasteiger charge is -2.08. The highest BCUT2D eigenvalue weighted by Crippen LogP contribution is 2.21. The molecule has 1 N–H and O–H groups in total. The molecular formula is C13H16ClN3. The molecule has 0 atom stereocenters. The van der Waals surface area contributed by atoms with Crippen LogP contribution < -0.4 is 5.32 Å². The van der Waals surface area contributed by atoms with Crippen LogP contribution in [-0.4, -0.2) is 9.78 Å². The predicted octanol–water partition coefficient (Wildman–Crippen LogP) is 3.48. The van der Waals surface area contributed by atoms with Crippen LogP contribution in [-0.2, 0) is 13.1 Å². The molecule has 4 heteroatoms. The predicted molar refractivity (Wildman–Crippen MR) is 71.4 cm³/mol. The van der Waals surface area contributed by atoms with Crippen molar-refractivity contribution < 1.29 is 0 Å². The molecule has 0 aliphatic heterocycles. The van der Waals surface area contributed by atoms with Crippen LogP contribution in [0.2, 0.25) is 5.02 Å². The van der Waals surface area contributed by atoms with Crippen LogP contribution >= 0.6 is 11.6 Å². The number of nitrogens with one attached hydrogen (secondary N) is 1. The Morgan fingerprint density at radius 1 is 1.29 bits per heavy atom. The number of rotatable bonds is 4. The summed E-state index contributed by atoms with van der Waals surface area (Å²) in [6.07, 6.45) is 0. The molecule has 0 unspecified atom stereocenters. The lowest BCUT2D eigenvalue weighted by Crippen LogP contribution is -2.08. The molecule has 0 amide bonds. The van der Waals surface area contributed by atoms with Gasteiger partial charge in [0.2, 0.25) is 0 Å². The maximum Gasteiger partial charge on any atom is 0.0865 e. The van der Waals surface area contributed by atoms with Crippen molar-refractivity contribution in [2.24, 2.45) is 0 Å². The van der Waals surface area contributed by atoms with E-state index in [-0.39, 0.29) is 0 Å². The number of para-hydroxylation sites is 1. The maximum absolute atomic E-state index is 6.24. The lowest BCUT2D eigenvalue weighted by molar-refractivity contribution is 0.623. The third-order valence-electron chi connectivity index (χ3n) is 2.69. The fourth-order valence-electron chi connectivity index (χ4n) is 1.78. The minimum absolute atomic E-state index is 0.692. The first kappa shape index (κ1) is 12.0. The van der Waals surface area contributed by atoms with Crippen LogP contribution in [0.5, 0.6) is 0 Å². The molecule has 1 heterocycles. The molecule has 2 rings (SSSR count). The van der Waals surface area contributed by atoms with E-state index in [0.29, 0.717) is 6.54 Å². The van der Waals surface area contributed by atoms with E-state index in [1.54, 1.807) is 0 Å². The summed E-state index contributed by atoms with van der Waals surface area (Å²) in [5.41, 5.74) is 3.01. The van der Waals surface area contributed by atoms with Gasteiger partial charge in [-0.25, -0.2) is 0 Å². The largest absolute Gasteiger partial charge is 0.379 e. The van der Waals surface area contributed by atoms with Crippen LogP contribution in [0.3, 0.4) is 0 Å². The van der Waals surface area contributed by atoms with E-state index in [9.17, 15) is 0 Å². The summed E-state index contributed by atoms with van der Waals surface area (Å²) >= 11 is 6.24. The Hall–Kier alpha value is -1.48. The molecule has 0 radical (unpaired) electrons. The van der Waals surface area contributed by atoms with Crippen LogP contribution in [0.1, 0.15) is 18.3 Å². The molecule has 0 saturated heterocycles. The molecule has 3 nitrogen and oxygen atoms in total. The van der Waals surface area contributed by atoms with E-state index in [1.165, 1.54) is 0 Å². The van der Waals surface area contributed by atoms with E-state index >= 15 is 0 Å². The van der Waals surface area contributed by atoms with Crippen molar-refractivity contribution in [2.75, 3.05) is 5.32 Å². The summed E-state index contributed by atoms with van der Waals surface area (Å²) in [6.45, 7) is 5.52. The van der Waals surface area contributed by atoms with Gasteiger partial charge in [0.15, 0.2) is 0 Å². The summed E-state index contributed by atoms with van der Waals surface area (Å²) in [7, 11) is 0. The molecule has 0 fully saturated rings. The van der Waals surface area contributed by atoms with Crippen molar-refractivity contribution in [2.45, 2.75) is 26.9 Å². The van der Waals surface area contributed by atoms with Gasteiger partial charge in [-0.05, 0) is 26.0 Å². The van der Waals surface area contributed by atoms with Gasteiger partial charge in [0, 0.05) is 12.2 Å². The van der Waals surface area contributed by atoms with Gasteiger partial charge < -0.3 is 5.32 Å². The number of aryl methyl sites for hydroxylation is 2. The monoisotopic (exact) mass is 249 g/mol. The number of hydrogen-bond acceptors (Lipinski definition) is 2. The first-order chi connectivity index (χ1) is 8.22. The highest BCUT2D eigenvalue weighted by Gasteiger charge is 2.11. The Bertz CT molecular complexity index is 491. The Kier molecular flexibility index (Phi) is 3.69. The second-order valence-corrected chi connectivity index (χ2v) is 4.26. The molecule has 1 aromatic heterocycles. The number of hydrogen-bond donors (Lipinski definition) is 1. The second-order valence-electron chi connectivity index (χ2n) is 3.88. The van der Waals surface area contributed by atoms with Crippen molar-refractivity contribution in [1.82, 2.24) is 9.78 Å². The van der Waals surface area contributed by atoms with Crippen molar-refractivity contribution in [1.29, 1.82) is 0 Å². The Labute approximate surface area is 106 Å². The average molecular weight is 250 g/mol. The van der Waals surface area contributed by atoms with Crippen LogP contribution in [0.4, 0.5) is 5.69 Å². The summed E-state index contributed by atoms with van der Waals surface area (Å²) in [5.74, 6) is 0. The topological polar surface area (TPSA) is 29.9 Å².